The van der Waals surface area contributed by atoms with E-state index in [2.05, 4.69) is 183 Å². The van der Waals surface area contributed by atoms with E-state index in [1.54, 1.807) is 12.3 Å². The maximum absolute atomic E-state index is 13.2. The van der Waals surface area contributed by atoms with E-state index in [4.69, 9.17) is 24.4 Å². The molecule has 22 rings (SSSR count). The number of aromatic nitrogens is 11. The molecule has 4 aliphatic carbocycles. The molecule has 4 saturated carbocycles. The molecule has 146 heavy (non-hydrogen) atoms. The van der Waals surface area contributed by atoms with Crippen molar-refractivity contribution in [3.8, 4) is 10.8 Å². The average molecular weight is 2010 g/mol. The number of aryl methyl sites for hydroxylation is 3. The fourth-order valence-electron chi connectivity index (χ4n) is 22.7. The third-order valence-corrected chi connectivity index (χ3v) is 33.9. The third-order valence-electron chi connectivity index (χ3n) is 31.8. The van der Waals surface area contributed by atoms with Crippen molar-refractivity contribution < 1.29 is 42.8 Å². The highest BCUT2D eigenvalue weighted by Gasteiger charge is 2.55. The Bertz CT molecular complexity index is 7130. The van der Waals surface area contributed by atoms with Crippen LogP contribution in [0.3, 0.4) is 0 Å². The van der Waals surface area contributed by atoms with E-state index in [9.17, 15) is 38.4 Å². The second kappa shape index (κ2) is 40.4. The molecular formula is C112H131N23O9S2. The monoisotopic (exact) mass is 2010 g/mol. The molecule has 14 heterocycles. The van der Waals surface area contributed by atoms with Crippen molar-refractivity contribution in [2.75, 3.05) is 80.2 Å². The Morgan fingerprint density at radius 1 is 0.438 bits per heavy atom. The normalized spacial score (nSPS) is 22.2. The molecule has 32 nitrogen and oxygen atoms in total. The van der Waals surface area contributed by atoms with Crippen LogP contribution in [0.25, 0.3) is 54.9 Å². The molecule has 6 N–H and O–H groups in total. The summed E-state index contributed by atoms with van der Waals surface area (Å²) in [6.07, 6.45) is 22.6. The fourth-order valence-corrected chi connectivity index (χ4v) is 24.4. The average Bonchev–Trinajstić information content (AvgIpc) is 1.58. The molecule has 0 bridgehead atoms. The van der Waals surface area contributed by atoms with Gasteiger partial charge in [0.1, 0.15) is 17.1 Å². The van der Waals surface area contributed by atoms with Crippen molar-refractivity contribution in [2.24, 2.45) is 56.6 Å². The summed E-state index contributed by atoms with van der Waals surface area (Å²) in [6, 6.07) is 45.0. The number of amides is 8. The van der Waals surface area contributed by atoms with E-state index in [0.717, 1.165) is 219 Å². The van der Waals surface area contributed by atoms with Crippen LogP contribution in [-0.2, 0) is 46.4 Å². The number of hydrogen-bond donors (Lipinski definition) is 6. The van der Waals surface area contributed by atoms with Crippen LogP contribution >= 0.6 is 22.7 Å². The SMILES string of the molecule is C=CC(=O)N1CCC2(CC(n3c(NC(=O)c4ccc(-c5ncc(C)o5)s4)nc4ccccc43)C2)C1.C=CC(=O)N1CCC2(CC(n3c(NC(=O)c4ccc(C5=NCC(C)=N5)s4)nc4ccccc43)C2)C1.C=CC(=O)N1CCC2(CC(n3c(NC(=O)c4cccn4C)nc4cc(CN[C@@H](C)C(C)(C)C)ccc43)C2)C1.C=CC(=O)N1CCC2(CC(n3c(NC(=O)c4cccn4C)nc4cc(CN[C@@H](C)C(C)(C)C)ccc43)C2)C1. The number of hydrogen-bond acceptors (Lipinski definition) is 20. The van der Waals surface area contributed by atoms with Crippen molar-refractivity contribution in [1.29, 1.82) is 0 Å². The highest BCUT2D eigenvalue weighted by atomic mass is 32.1. The number of rotatable bonds is 24. The lowest BCUT2D eigenvalue weighted by Gasteiger charge is -2.46. The van der Waals surface area contributed by atoms with Gasteiger partial charge in [-0.05, 0) is 270 Å². The minimum Gasteiger partial charge on any atom is -0.441 e. The Kier molecular flexibility index (Phi) is 27.8. The van der Waals surface area contributed by atoms with E-state index in [0.29, 0.717) is 75.3 Å². The van der Waals surface area contributed by atoms with Crippen molar-refractivity contribution in [3.63, 3.8) is 0 Å². The van der Waals surface area contributed by atoms with E-state index >= 15 is 0 Å². The minimum absolute atomic E-state index is 0.00147. The van der Waals surface area contributed by atoms with Crippen molar-refractivity contribution in [1.82, 2.24) is 82.6 Å². The molecule has 4 saturated heterocycles. The van der Waals surface area contributed by atoms with Gasteiger partial charge in [-0.2, -0.15) is 0 Å². The molecule has 2 atom stereocenters. The van der Waals surface area contributed by atoms with Crippen LogP contribution < -0.4 is 31.9 Å². The predicted molar refractivity (Wildman–Crippen MR) is 575 cm³/mol. The first kappa shape index (κ1) is 101. The number of amidine groups is 1. The Morgan fingerprint density at radius 2 is 0.781 bits per heavy atom. The fraction of sp³-hybridized carbons (Fsp3) is 0.420. The summed E-state index contributed by atoms with van der Waals surface area (Å²) in [4.78, 5) is 144. The molecule has 5 aliphatic heterocycles. The molecule has 9 aromatic heterocycles. The molecule has 0 unspecified atom stereocenters. The van der Waals surface area contributed by atoms with Gasteiger partial charge in [-0.25, -0.2) is 29.9 Å². The van der Waals surface area contributed by atoms with Crippen LogP contribution in [0.15, 0.2) is 217 Å². The second-order valence-corrected chi connectivity index (χ2v) is 46.0. The minimum atomic E-state index is -0.209. The maximum Gasteiger partial charge on any atom is 0.274 e. The van der Waals surface area contributed by atoms with Crippen LogP contribution in [0, 0.1) is 39.4 Å². The lowest BCUT2D eigenvalue weighted by atomic mass is 9.64. The summed E-state index contributed by atoms with van der Waals surface area (Å²) in [5.41, 5.74) is 12.9. The van der Waals surface area contributed by atoms with Gasteiger partial charge in [0, 0.05) is 134 Å². The Hall–Kier alpha value is -14.1. The zero-order chi connectivity index (χ0) is 103. The number of anilines is 4. The maximum atomic E-state index is 13.2. The van der Waals surface area contributed by atoms with Gasteiger partial charge in [0.2, 0.25) is 53.3 Å². The van der Waals surface area contributed by atoms with E-state index in [1.807, 2.05) is 160 Å². The third kappa shape index (κ3) is 20.6. The first-order valence-corrected chi connectivity index (χ1v) is 52.3. The lowest BCUT2D eigenvalue weighted by molar-refractivity contribution is -0.126. The van der Waals surface area contributed by atoms with Gasteiger partial charge in [-0.3, -0.25) is 64.6 Å². The number of carbonyl (C=O) groups excluding carboxylic acids is 8. The van der Waals surface area contributed by atoms with Crippen LogP contribution in [0.5, 0.6) is 0 Å². The van der Waals surface area contributed by atoms with Crippen LogP contribution in [0.4, 0.5) is 23.8 Å². The zero-order valence-electron chi connectivity index (χ0n) is 85.4. The molecule has 4 aromatic carbocycles. The highest BCUT2D eigenvalue weighted by molar-refractivity contribution is 7.17. The summed E-state index contributed by atoms with van der Waals surface area (Å²) < 4.78 is 17.9. The van der Waals surface area contributed by atoms with Crippen molar-refractivity contribution in [3.05, 3.63) is 246 Å². The van der Waals surface area contributed by atoms with Crippen molar-refractivity contribution in [2.45, 2.75) is 196 Å². The number of imidazole rings is 4. The van der Waals surface area contributed by atoms with Crippen LogP contribution in [0.1, 0.15) is 226 Å². The summed E-state index contributed by atoms with van der Waals surface area (Å²) in [7, 11) is 3.73. The summed E-state index contributed by atoms with van der Waals surface area (Å²) in [6.45, 7) is 44.5. The number of aliphatic imine (C=N–C) groups is 2. The van der Waals surface area contributed by atoms with E-state index in [1.165, 1.54) is 47.0 Å². The number of thiophene rings is 2. The number of fused-ring (bicyclic) bond motifs is 4. The molecule has 13 aromatic rings. The summed E-state index contributed by atoms with van der Waals surface area (Å²) in [5, 5.41) is 19.6. The Labute approximate surface area is 858 Å². The quantitative estimate of drug-likeness (QED) is 0.0306. The first-order chi connectivity index (χ1) is 69.9. The highest BCUT2D eigenvalue weighted by Crippen LogP contribution is 2.60. The van der Waals surface area contributed by atoms with Gasteiger partial charge >= 0.3 is 0 Å². The Balaban J connectivity index is 0.000000123. The number of carbonyl (C=O) groups is 8. The number of nitrogens with one attached hydrogen (secondary N) is 6. The van der Waals surface area contributed by atoms with E-state index < -0.39 is 0 Å². The first-order valence-electron chi connectivity index (χ1n) is 50.7. The molecule has 8 amide bonds. The van der Waals surface area contributed by atoms with Crippen molar-refractivity contribution >= 4 is 149 Å². The second-order valence-electron chi connectivity index (χ2n) is 43.8. The van der Waals surface area contributed by atoms with Gasteiger partial charge in [-0.15, -0.1) is 22.7 Å². The number of para-hydroxylation sites is 4. The van der Waals surface area contributed by atoms with Gasteiger partial charge in [0.15, 0.2) is 5.84 Å². The topological polar surface area (TPSA) is 354 Å². The number of likely N-dealkylation sites (tertiary alicyclic amines) is 4. The van der Waals surface area contributed by atoms with Gasteiger partial charge in [0.25, 0.3) is 23.6 Å². The molecule has 760 valence electrons. The molecule has 0 radical (unpaired) electrons. The molecule has 34 heteroatoms. The smallest absolute Gasteiger partial charge is 0.274 e. The molecule has 8 fully saturated rings. The largest absolute Gasteiger partial charge is 0.441 e. The van der Waals surface area contributed by atoms with Crippen LogP contribution in [-0.4, -0.2) is 202 Å². The summed E-state index contributed by atoms with van der Waals surface area (Å²) in [5.74, 6) is 3.49. The van der Waals surface area contributed by atoms with Gasteiger partial charge in [-0.1, -0.05) is 104 Å². The Morgan fingerprint density at radius 3 is 1.11 bits per heavy atom. The molecule has 9 aliphatic rings. The van der Waals surface area contributed by atoms with E-state index in [-0.39, 0.29) is 104 Å². The lowest BCUT2D eigenvalue weighted by Crippen LogP contribution is -2.42. The molecule has 4 spiro atoms. The number of oxazole rings is 1. The number of benzene rings is 4. The predicted octanol–water partition coefficient (Wildman–Crippen LogP) is 19.1. The van der Waals surface area contributed by atoms with Gasteiger partial charge in [0.05, 0.1) is 76.4 Å². The summed E-state index contributed by atoms with van der Waals surface area (Å²) >= 11 is 2.73. The molecular weight excluding hydrogens is 1880 g/mol. The van der Waals surface area contributed by atoms with Crippen LogP contribution in [0.2, 0.25) is 0 Å². The number of nitrogens with zero attached hydrogens (tertiary/aromatic N) is 17. The standard InChI is InChI=1S/2C30H40N6O2.C26H26N6O2S.C26H25N5O3S/c2*1-7-26(37)35-14-12-30(19-35)16-22(17-30)36-24-11-10-21(18-31-20(2)29(3,4)5)15-23(24)32-28(36)33-27(38)25-9-8-13-34(25)6;1-3-22(33)31-11-10-26(15-31)12-17(13-26)32-19-7-5-4-6-18(19)29-25(32)30-24(34)21-9-8-20(35-21)23-27-14-16(2)28-23;1-3-22(32)30-11-10-26(15-30)12-17(13-26)31-19-7-5-4-6-18(19)28-25(31)29-23(33)20-8-9-21(35-20)24-27-14-16(2)34-24/h2*7-11,13,15,20,22,31H,1,12,14,16-19H2,2-6H3,(H,32,33,38);3-9,17H,1,10-15H2,2H3,(H,29,30,34);3-9,14,17H,1,10-13,15H2,2H3,(H,28,29,33)/t2*20-,22?,30?;;/m00../s1. The zero-order valence-corrected chi connectivity index (χ0v) is 87.0. The van der Waals surface area contributed by atoms with Gasteiger partial charge < -0.3 is 62.1 Å².